The van der Waals surface area contributed by atoms with E-state index in [1.165, 1.54) is 37.7 Å². The Kier molecular flexibility index (Phi) is 9.17. The number of hydrogen-bond donors (Lipinski definition) is 1. The van der Waals surface area contributed by atoms with E-state index in [-0.39, 0.29) is 12.4 Å². The highest BCUT2D eigenvalue weighted by atomic mass is 35.5. The molecule has 0 bridgehead atoms. The lowest BCUT2D eigenvalue weighted by Gasteiger charge is -2.27. The highest BCUT2D eigenvalue weighted by Gasteiger charge is 2.21. The van der Waals surface area contributed by atoms with Gasteiger partial charge in [-0.15, -0.1) is 12.4 Å². The Hall–Kier alpha value is -1.06. The van der Waals surface area contributed by atoms with Gasteiger partial charge < -0.3 is 10.6 Å². The van der Waals surface area contributed by atoms with E-state index >= 15 is 0 Å². The molecule has 4 heteroatoms. The van der Waals surface area contributed by atoms with Crippen molar-refractivity contribution in [2.45, 2.75) is 51.5 Å². The molecule has 2 N–H and O–H groups in total. The van der Waals surface area contributed by atoms with Gasteiger partial charge in [0.25, 0.3) is 0 Å². The number of halogens is 1. The number of amides is 1. The summed E-state index contributed by atoms with van der Waals surface area (Å²) in [5.41, 5.74) is 6.82. The highest BCUT2D eigenvalue weighted by molar-refractivity contribution is 5.85. The molecule has 1 aliphatic rings. The van der Waals surface area contributed by atoms with Gasteiger partial charge in [-0.2, -0.15) is 0 Å². The molecule has 0 spiro atoms. The topological polar surface area (TPSA) is 46.3 Å². The van der Waals surface area contributed by atoms with Gasteiger partial charge >= 0.3 is 0 Å². The van der Waals surface area contributed by atoms with Crippen LogP contribution in [0.25, 0.3) is 0 Å². The van der Waals surface area contributed by atoms with Gasteiger partial charge in [0.15, 0.2) is 0 Å². The summed E-state index contributed by atoms with van der Waals surface area (Å²) in [5, 5.41) is 0. The summed E-state index contributed by atoms with van der Waals surface area (Å²) in [6.45, 7) is 2.13. The van der Waals surface area contributed by atoms with Gasteiger partial charge in [-0.1, -0.05) is 49.6 Å². The van der Waals surface area contributed by atoms with Crippen LogP contribution in [0.15, 0.2) is 30.3 Å². The lowest BCUT2D eigenvalue weighted by Crippen LogP contribution is -2.34. The maximum atomic E-state index is 12.6. The normalized spacial score (nSPS) is 15.1. The predicted octanol–water partition coefficient (Wildman–Crippen LogP) is 3.76. The number of nitrogens with zero attached hydrogens (tertiary/aromatic N) is 1. The molecule has 2 rings (SSSR count). The average Bonchev–Trinajstić information content (AvgIpc) is 2.53. The predicted molar refractivity (Wildman–Crippen MR) is 94.0 cm³/mol. The number of rotatable bonds is 7. The number of carbonyl (C=O) groups excluding carboxylic acids is 1. The smallest absolute Gasteiger partial charge is 0.223 e. The fourth-order valence-electron chi connectivity index (χ4n) is 3.15. The summed E-state index contributed by atoms with van der Waals surface area (Å²) >= 11 is 0. The zero-order valence-corrected chi connectivity index (χ0v) is 14.2. The third-order valence-corrected chi connectivity index (χ3v) is 4.39. The monoisotopic (exact) mass is 324 g/mol. The molecular formula is C18H29ClN2O. The number of carbonyl (C=O) groups is 1. The molecule has 0 aliphatic heterocycles. The van der Waals surface area contributed by atoms with E-state index in [2.05, 4.69) is 12.1 Å². The van der Waals surface area contributed by atoms with Crippen molar-refractivity contribution in [2.75, 3.05) is 13.1 Å². The highest BCUT2D eigenvalue weighted by Crippen LogP contribution is 2.27. The van der Waals surface area contributed by atoms with Gasteiger partial charge in [-0.05, 0) is 37.3 Å². The Bertz CT molecular complexity index is 418. The number of benzene rings is 1. The molecule has 0 aromatic heterocycles. The summed E-state index contributed by atoms with van der Waals surface area (Å²) in [5.74, 6) is 0.904. The Morgan fingerprint density at radius 2 is 1.82 bits per heavy atom. The van der Waals surface area contributed by atoms with Crippen molar-refractivity contribution in [3.63, 3.8) is 0 Å². The van der Waals surface area contributed by atoms with Crippen LogP contribution in [0.2, 0.25) is 0 Å². The second-order valence-corrected chi connectivity index (χ2v) is 6.15. The van der Waals surface area contributed by atoms with Crippen LogP contribution in [0.1, 0.15) is 50.5 Å². The fourth-order valence-corrected chi connectivity index (χ4v) is 3.15. The minimum atomic E-state index is 0. The summed E-state index contributed by atoms with van der Waals surface area (Å²) in [4.78, 5) is 14.6. The number of nitrogens with two attached hydrogens (primary N) is 1. The molecule has 0 unspecified atom stereocenters. The van der Waals surface area contributed by atoms with Crippen LogP contribution in [-0.2, 0) is 11.3 Å². The zero-order valence-electron chi connectivity index (χ0n) is 13.4. The van der Waals surface area contributed by atoms with E-state index in [9.17, 15) is 4.79 Å². The first-order valence-corrected chi connectivity index (χ1v) is 8.31. The summed E-state index contributed by atoms with van der Waals surface area (Å²) in [6.07, 6.45) is 7.97. The van der Waals surface area contributed by atoms with Crippen molar-refractivity contribution >= 4 is 18.3 Å². The molecule has 1 aromatic carbocycles. The average molecular weight is 325 g/mol. The molecule has 1 saturated carbocycles. The largest absolute Gasteiger partial charge is 0.338 e. The SMILES string of the molecule is Cl.NCCCN(Cc1ccccc1)C(=O)CC1CCCCC1. The molecule has 1 aliphatic carbocycles. The van der Waals surface area contributed by atoms with Gasteiger partial charge in [0, 0.05) is 19.5 Å². The molecule has 0 radical (unpaired) electrons. The molecule has 1 aromatic rings. The summed E-state index contributed by atoms with van der Waals surface area (Å²) in [6, 6.07) is 10.2. The second-order valence-electron chi connectivity index (χ2n) is 6.15. The van der Waals surface area contributed by atoms with Gasteiger partial charge in [0.05, 0.1) is 0 Å². The van der Waals surface area contributed by atoms with Crippen molar-refractivity contribution in [1.82, 2.24) is 4.90 Å². The number of hydrogen-bond acceptors (Lipinski definition) is 2. The van der Waals surface area contributed by atoms with Crippen LogP contribution >= 0.6 is 12.4 Å². The first kappa shape index (κ1) is 19.0. The van der Waals surface area contributed by atoms with E-state index in [0.29, 0.717) is 24.9 Å². The Morgan fingerprint density at radius 1 is 1.14 bits per heavy atom. The molecule has 124 valence electrons. The third kappa shape index (κ3) is 6.37. The lowest BCUT2D eigenvalue weighted by atomic mass is 9.86. The van der Waals surface area contributed by atoms with Crippen LogP contribution in [0.5, 0.6) is 0 Å². The van der Waals surface area contributed by atoms with Gasteiger partial charge in [0.2, 0.25) is 5.91 Å². The summed E-state index contributed by atoms with van der Waals surface area (Å²) < 4.78 is 0. The molecule has 0 heterocycles. The maximum Gasteiger partial charge on any atom is 0.223 e. The van der Waals surface area contributed by atoms with Gasteiger partial charge in [-0.25, -0.2) is 0 Å². The molecule has 0 atom stereocenters. The van der Waals surface area contributed by atoms with E-state index in [4.69, 9.17) is 5.73 Å². The molecule has 1 fully saturated rings. The van der Waals surface area contributed by atoms with Crippen molar-refractivity contribution in [3.05, 3.63) is 35.9 Å². The third-order valence-electron chi connectivity index (χ3n) is 4.39. The van der Waals surface area contributed by atoms with Gasteiger partial charge in [0.1, 0.15) is 0 Å². The Morgan fingerprint density at radius 3 is 2.45 bits per heavy atom. The fraction of sp³-hybridized carbons (Fsp3) is 0.611. The van der Waals surface area contributed by atoms with E-state index < -0.39 is 0 Å². The quantitative estimate of drug-likeness (QED) is 0.830. The Balaban J connectivity index is 0.00000242. The molecule has 22 heavy (non-hydrogen) atoms. The molecule has 3 nitrogen and oxygen atoms in total. The van der Waals surface area contributed by atoms with E-state index in [0.717, 1.165) is 19.4 Å². The Labute approximate surface area is 140 Å². The first-order valence-electron chi connectivity index (χ1n) is 8.31. The van der Waals surface area contributed by atoms with Crippen LogP contribution < -0.4 is 5.73 Å². The van der Waals surface area contributed by atoms with Crippen LogP contribution in [0, 0.1) is 5.92 Å². The second kappa shape index (κ2) is 10.6. The van der Waals surface area contributed by atoms with Gasteiger partial charge in [-0.3, -0.25) is 4.79 Å². The minimum absolute atomic E-state index is 0. The standard InChI is InChI=1S/C18H28N2O.ClH/c19-12-7-13-20(15-17-10-5-2-6-11-17)18(21)14-16-8-3-1-4-9-16;/h2,5-6,10-11,16H,1,3-4,7-9,12-15,19H2;1H. The van der Waals surface area contributed by atoms with Crippen molar-refractivity contribution < 1.29 is 4.79 Å². The zero-order chi connectivity index (χ0) is 14.9. The van der Waals surface area contributed by atoms with Crippen LogP contribution in [0.3, 0.4) is 0 Å². The molecular weight excluding hydrogens is 296 g/mol. The van der Waals surface area contributed by atoms with E-state index in [1.54, 1.807) is 0 Å². The van der Waals surface area contributed by atoms with Crippen molar-refractivity contribution in [2.24, 2.45) is 11.7 Å². The lowest BCUT2D eigenvalue weighted by molar-refractivity contribution is -0.133. The molecule has 1 amide bonds. The van der Waals surface area contributed by atoms with Crippen molar-refractivity contribution in [1.29, 1.82) is 0 Å². The summed E-state index contributed by atoms with van der Waals surface area (Å²) in [7, 11) is 0. The molecule has 0 saturated heterocycles. The maximum absolute atomic E-state index is 12.6. The van der Waals surface area contributed by atoms with Crippen LogP contribution in [-0.4, -0.2) is 23.9 Å². The van der Waals surface area contributed by atoms with E-state index in [1.807, 2.05) is 23.1 Å². The minimum Gasteiger partial charge on any atom is -0.338 e. The first-order chi connectivity index (χ1) is 10.3. The van der Waals surface area contributed by atoms with Crippen LogP contribution in [0.4, 0.5) is 0 Å². The van der Waals surface area contributed by atoms with Crippen molar-refractivity contribution in [3.8, 4) is 0 Å².